The summed E-state index contributed by atoms with van der Waals surface area (Å²) < 4.78 is 9.99. The molecule has 9 heteroatoms. The van der Waals surface area contributed by atoms with Crippen LogP contribution in [0.2, 0.25) is 0 Å². The molecule has 0 spiro atoms. The van der Waals surface area contributed by atoms with E-state index in [4.69, 9.17) is 9.73 Å². The van der Waals surface area contributed by atoms with E-state index in [0.29, 0.717) is 12.0 Å². The molecule has 1 aromatic rings. The van der Waals surface area contributed by atoms with Crippen molar-refractivity contribution in [3.8, 4) is 0 Å². The maximum atomic E-state index is 5.56. The van der Waals surface area contributed by atoms with Gasteiger partial charge in [-0.1, -0.05) is 20.8 Å². The second-order valence-corrected chi connectivity index (χ2v) is 9.18. The van der Waals surface area contributed by atoms with Gasteiger partial charge in [-0.3, -0.25) is 9.89 Å². The Labute approximate surface area is 185 Å². The van der Waals surface area contributed by atoms with Crippen molar-refractivity contribution >= 4 is 22.6 Å². The predicted molar refractivity (Wildman–Crippen MR) is 125 cm³/mol. The van der Waals surface area contributed by atoms with Crippen molar-refractivity contribution in [2.45, 2.75) is 46.6 Å². The Kier molecular flexibility index (Phi) is 9.14. The highest BCUT2D eigenvalue weighted by atomic mass is 32.1. The van der Waals surface area contributed by atoms with Crippen LogP contribution in [-0.4, -0.2) is 96.7 Å². The van der Waals surface area contributed by atoms with Crippen LogP contribution < -0.4 is 10.2 Å². The van der Waals surface area contributed by atoms with Crippen molar-refractivity contribution in [1.29, 1.82) is 0 Å². The van der Waals surface area contributed by atoms with Crippen LogP contribution in [0, 0.1) is 5.92 Å². The second kappa shape index (κ2) is 11.8. The molecule has 3 heterocycles. The highest BCUT2D eigenvalue weighted by Gasteiger charge is 2.24. The topological polar surface area (TPSA) is 69.1 Å². The van der Waals surface area contributed by atoms with Crippen molar-refractivity contribution in [3.05, 3.63) is 5.82 Å². The molecular weight excluding hydrogens is 398 g/mol. The summed E-state index contributed by atoms with van der Waals surface area (Å²) in [6, 6.07) is 0.484. The first-order valence-electron chi connectivity index (χ1n) is 11.5. The van der Waals surface area contributed by atoms with Crippen LogP contribution in [0.1, 0.15) is 39.9 Å². The summed E-state index contributed by atoms with van der Waals surface area (Å²) in [4.78, 5) is 17.1. The van der Waals surface area contributed by atoms with Crippen LogP contribution in [0.3, 0.4) is 0 Å². The molecule has 0 radical (unpaired) electrons. The number of morpholine rings is 1. The molecule has 170 valence electrons. The molecule has 2 aliphatic heterocycles. The molecule has 30 heavy (non-hydrogen) atoms. The minimum Gasteiger partial charge on any atom is -0.379 e. The lowest BCUT2D eigenvalue weighted by atomic mass is 10.0. The number of aliphatic imine (C=N–C) groups is 1. The molecule has 1 N–H and O–H groups in total. The number of nitrogens with one attached hydrogen (secondary N) is 1. The molecule has 0 saturated carbocycles. The molecule has 3 rings (SSSR count). The zero-order valence-electron chi connectivity index (χ0n) is 19.1. The summed E-state index contributed by atoms with van der Waals surface area (Å²) in [5.41, 5.74) is 0. The fourth-order valence-electron chi connectivity index (χ4n) is 4.07. The Bertz CT molecular complexity index is 652. The SMILES string of the molecule is CCNC(=NCC(CC(C)C)N1CCOCC1)N1CCN(c2nc(CC)ns2)CC1. The Hall–Kier alpha value is -1.45. The van der Waals surface area contributed by atoms with Gasteiger partial charge in [0.05, 0.1) is 19.8 Å². The number of guanidine groups is 1. The number of ether oxygens (including phenoxy) is 1. The highest BCUT2D eigenvalue weighted by molar-refractivity contribution is 7.09. The molecule has 2 fully saturated rings. The van der Waals surface area contributed by atoms with Gasteiger partial charge in [0.2, 0.25) is 5.13 Å². The van der Waals surface area contributed by atoms with Crippen LogP contribution >= 0.6 is 11.5 Å². The van der Waals surface area contributed by atoms with Crippen LogP contribution in [0.5, 0.6) is 0 Å². The van der Waals surface area contributed by atoms with E-state index in [1.165, 1.54) is 18.0 Å². The third-order valence-corrected chi connectivity index (χ3v) is 6.53. The van der Waals surface area contributed by atoms with E-state index in [2.05, 4.69) is 57.1 Å². The van der Waals surface area contributed by atoms with E-state index in [1.807, 2.05) is 0 Å². The number of anilines is 1. The fourth-order valence-corrected chi connectivity index (χ4v) is 4.87. The molecule has 1 unspecified atom stereocenters. The normalized spacial score (nSPS) is 20.1. The predicted octanol–water partition coefficient (Wildman–Crippen LogP) is 1.93. The lowest BCUT2D eigenvalue weighted by molar-refractivity contribution is 0.0142. The summed E-state index contributed by atoms with van der Waals surface area (Å²) in [5.74, 6) is 2.66. The molecule has 0 aromatic carbocycles. The number of nitrogens with zero attached hydrogens (tertiary/aromatic N) is 6. The van der Waals surface area contributed by atoms with E-state index in [0.717, 1.165) is 88.9 Å². The van der Waals surface area contributed by atoms with Gasteiger partial charge in [-0.25, -0.2) is 4.98 Å². The van der Waals surface area contributed by atoms with Gasteiger partial charge in [0.25, 0.3) is 0 Å². The maximum absolute atomic E-state index is 5.56. The first-order valence-corrected chi connectivity index (χ1v) is 12.3. The molecule has 1 aromatic heterocycles. The molecule has 1 atom stereocenters. The average Bonchev–Trinajstić information content (AvgIpc) is 3.25. The van der Waals surface area contributed by atoms with E-state index >= 15 is 0 Å². The number of hydrogen-bond donors (Lipinski definition) is 1. The van der Waals surface area contributed by atoms with Crippen molar-refractivity contribution in [2.75, 3.05) is 70.5 Å². The van der Waals surface area contributed by atoms with Gasteiger partial charge in [-0.15, -0.1) is 0 Å². The molecule has 0 aliphatic carbocycles. The van der Waals surface area contributed by atoms with Crippen molar-refractivity contribution in [3.63, 3.8) is 0 Å². The lowest BCUT2D eigenvalue weighted by Crippen LogP contribution is -2.53. The van der Waals surface area contributed by atoms with Gasteiger partial charge in [-0.05, 0) is 19.3 Å². The van der Waals surface area contributed by atoms with Crippen LogP contribution in [0.15, 0.2) is 4.99 Å². The fraction of sp³-hybridized carbons (Fsp3) is 0.857. The zero-order valence-corrected chi connectivity index (χ0v) is 20.0. The lowest BCUT2D eigenvalue weighted by Gasteiger charge is -2.37. The Morgan fingerprint density at radius 3 is 2.47 bits per heavy atom. The van der Waals surface area contributed by atoms with Gasteiger partial charge in [0, 0.05) is 69.8 Å². The maximum Gasteiger partial charge on any atom is 0.205 e. The van der Waals surface area contributed by atoms with E-state index in [-0.39, 0.29) is 0 Å². The van der Waals surface area contributed by atoms with Gasteiger partial charge in [0.15, 0.2) is 5.96 Å². The minimum atomic E-state index is 0.484. The molecule has 2 aliphatic rings. The molecule has 2 saturated heterocycles. The minimum absolute atomic E-state index is 0.484. The summed E-state index contributed by atoms with van der Waals surface area (Å²) in [6.45, 7) is 18.1. The van der Waals surface area contributed by atoms with Crippen molar-refractivity contribution in [1.82, 2.24) is 24.5 Å². The quantitative estimate of drug-likeness (QED) is 0.492. The number of piperazine rings is 1. The van der Waals surface area contributed by atoms with Crippen LogP contribution in [-0.2, 0) is 11.2 Å². The summed E-state index contributed by atoms with van der Waals surface area (Å²) in [5, 5.41) is 4.57. The van der Waals surface area contributed by atoms with E-state index < -0.39 is 0 Å². The van der Waals surface area contributed by atoms with Gasteiger partial charge < -0.3 is 19.9 Å². The standard InChI is InChI=1S/C21H39N7OS/c1-5-19-24-21(30-25-19)28-9-7-27(8-10-28)20(22-6-2)23-16-18(15-17(3)4)26-11-13-29-14-12-26/h17-18H,5-16H2,1-4H3,(H,22,23). The zero-order chi connectivity index (χ0) is 21.3. The molecule has 0 amide bonds. The summed E-state index contributed by atoms with van der Waals surface area (Å²) >= 11 is 1.52. The van der Waals surface area contributed by atoms with E-state index in [9.17, 15) is 0 Å². The van der Waals surface area contributed by atoms with Crippen molar-refractivity contribution < 1.29 is 4.74 Å². The largest absolute Gasteiger partial charge is 0.379 e. The van der Waals surface area contributed by atoms with E-state index in [1.54, 1.807) is 0 Å². The summed E-state index contributed by atoms with van der Waals surface area (Å²) in [6.07, 6.45) is 2.07. The number of aromatic nitrogens is 2. The highest BCUT2D eigenvalue weighted by Crippen LogP contribution is 2.19. The second-order valence-electron chi connectivity index (χ2n) is 8.45. The van der Waals surface area contributed by atoms with Crippen LogP contribution in [0.25, 0.3) is 0 Å². The first kappa shape index (κ1) is 23.2. The Morgan fingerprint density at radius 1 is 1.13 bits per heavy atom. The number of aryl methyl sites for hydroxylation is 1. The third kappa shape index (κ3) is 6.52. The smallest absolute Gasteiger partial charge is 0.205 e. The molecule has 8 nitrogen and oxygen atoms in total. The number of rotatable bonds is 8. The van der Waals surface area contributed by atoms with Gasteiger partial charge in [-0.2, -0.15) is 4.37 Å². The molecule has 0 bridgehead atoms. The average molecular weight is 438 g/mol. The Morgan fingerprint density at radius 2 is 1.87 bits per heavy atom. The number of hydrogen-bond acceptors (Lipinski definition) is 7. The monoisotopic (exact) mass is 437 g/mol. The third-order valence-electron chi connectivity index (χ3n) is 5.72. The molecular formula is C21H39N7OS. The summed E-state index contributed by atoms with van der Waals surface area (Å²) in [7, 11) is 0. The van der Waals surface area contributed by atoms with Crippen molar-refractivity contribution in [2.24, 2.45) is 10.9 Å². The first-order chi connectivity index (χ1) is 14.6. The van der Waals surface area contributed by atoms with Crippen LogP contribution in [0.4, 0.5) is 5.13 Å². The van der Waals surface area contributed by atoms with Gasteiger partial charge >= 0.3 is 0 Å². The van der Waals surface area contributed by atoms with Gasteiger partial charge in [0.1, 0.15) is 5.82 Å². The Balaban J connectivity index is 1.60.